The SMILES string of the molecule is CC(C)(C)C(=O)c1c[nH]c2ncc(-c3cccc(N4CCn5cnnc5C4)c3)nc12.CC(C)(C)C(=O)c1cn(COCC[Si](C)(C)C)c2ncc(-c3cccc(N4CCn5cnnc5C4)c3)nc12.CC(C)(C)C(=O)c1cn(COCC[Si](C)(C)C)c2ncc(-c3cccc(OS(=O)(=O)C(F)(F)C(F)(F)C(F)(F)C(F)(F)F)c3)nc12.c1nnc2n1CCNC2. The van der Waals surface area contributed by atoms with Crippen molar-refractivity contribution in [2.75, 3.05) is 42.6 Å². The molecule has 0 unspecified atom stereocenters. The van der Waals surface area contributed by atoms with Crippen LogP contribution >= 0.6 is 0 Å². The summed E-state index contributed by atoms with van der Waals surface area (Å²) in [5.41, 5.74) is 7.57. The molecule has 29 nitrogen and oxygen atoms in total. The molecule has 0 radical (unpaired) electrons. The number of hydrogen-bond donors (Lipinski definition) is 2. The largest absolute Gasteiger partial charge is 0.460 e. The zero-order chi connectivity index (χ0) is 89.4. The van der Waals surface area contributed by atoms with Gasteiger partial charge in [-0.25, -0.2) is 29.9 Å². The number of benzene rings is 3. The van der Waals surface area contributed by atoms with Crippen LogP contribution in [0, 0.1) is 16.2 Å². The van der Waals surface area contributed by atoms with Gasteiger partial charge >= 0.3 is 33.4 Å². The van der Waals surface area contributed by atoms with Crippen LogP contribution in [-0.4, -0.2) is 186 Å². The van der Waals surface area contributed by atoms with Crippen LogP contribution in [0.2, 0.25) is 51.4 Å². The summed E-state index contributed by atoms with van der Waals surface area (Å²) < 4.78 is 169. The van der Waals surface area contributed by atoms with Gasteiger partial charge in [0.25, 0.3) is 0 Å². The Balaban J connectivity index is 0.000000162. The van der Waals surface area contributed by atoms with Gasteiger partial charge in [0.2, 0.25) is 0 Å². The van der Waals surface area contributed by atoms with Gasteiger partial charge in [-0.15, -0.1) is 30.6 Å². The van der Waals surface area contributed by atoms with Crippen molar-refractivity contribution in [1.82, 2.24) is 93.6 Å². The molecule has 3 aliphatic rings. The molecular formula is C82H98F9N21O8SSi2. The number of aromatic amines is 1. The van der Waals surface area contributed by atoms with Crippen LogP contribution in [-0.2, 0) is 72.3 Å². The Labute approximate surface area is 705 Å². The summed E-state index contributed by atoms with van der Waals surface area (Å²) in [5, 5.41) is 20.3. The number of rotatable bonds is 23. The number of nitrogens with zero attached hydrogens (tertiary/aromatic N) is 19. The molecule has 12 heterocycles. The standard InChI is InChI=1S/C28H37N7O2Si.C27H30F9N3O5SSi.C22H23N7O.C5H8N4/c1-28(2,3)26(36)22-16-35(19-37-12-13-38(4,5)6)27-25(22)31-23(15-29-27)20-8-7-9-21(14-20)33-10-11-34-18-30-32-24(34)17-33;1-23(2,3)21(40)18-14-39(15-43-10-11-46(4,5)6)22-20(18)38-19(13-37-22)16-8-7-9-17(12-16)44-45(41,42)27(35,36)25(30,31)24(28,29)26(32,33)34;1-22(2,3)20(30)16-10-23-21-19(16)26-17(11-24-21)14-5-4-6-15(9-14)28-7-8-29-13-25-27-18(29)12-28;1-2-9-4-7-8-5(9)3-6-1/h7-9,14-16,18H,10-13,17,19H2,1-6H3;7-9,12-14H,10-11,15H2,1-6H3;4-6,9-11,13H,7-8,12H2,1-3H3,(H,23,24);4,6H,1-3H2. The van der Waals surface area contributed by atoms with Gasteiger partial charge in [-0.3, -0.25) is 14.4 Å². The van der Waals surface area contributed by atoms with Crippen molar-refractivity contribution in [2.24, 2.45) is 16.2 Å². The Morgan fingerprint density at radius 3 is 1.35 bits per heavy atom. The Morgan fingerprint density at radius 2 is 0.911 bits per heavy atom. The smallest absolute Gasteiger partial charge is 0.378 e. The summed E-state index contributed by atoms with van der Waals surface area (Å²) in [5.74, 6) is -13.3. The zero-order valence-electron chi connectivity index (χ0n) is 70.8. The minimum absolute atomic E-state index is 0.0137. The fourth-order valence-corrected chi connectivity index (χ4v) is 15.5. The molecule has 0 spiro atoms. The first-order chi connectivity index (χ1) is 57.5. The molecule has 0 aliphatic carbocycles. The Bertz CT molecular complexity index is 5930. The van der Waals surface area contributed by atoms with Crippen LogP contribution < -0.4 is 19.3 Å². The lowest BCUT2D eigenvalue weighted by Gasteiger charge is -2.32. The van der Waals surface area contributed by atoms with E-state index in [0.29, 0.717) is 72.1 Å². The summed E-state index contributed by atoms with van der Waals surface area (Å²) in [4.78, 5) is 74.9. The molecule has 0 atom stereocenters. The van der Waals surface area contributed by atoms with Crippen molar-refractivity contribution in [3.63, 3.8) is 0 Å². The zero-order valence-corrected chi connectivity index (χ0v) is 73.6. The number of hydrogen-bond acceptors (Lipinski definition) is 23. The van der Waals surface area contributed by atoms with E-state index in [1.54, 1.807) is 62.9 Å². The number of ketones is 3. The average Bonchev–Trinajstić information content (AvgIpc) is 0.955. The van der Waals surface area contributed by atoms with Gasteiger partial charge < -0.3 is 56.6 Å². The predicted molar refractivity (Wildman–Crippen MR) is 449 cm³/mol. The Hall–Kier alpha value is -11.0. The molecule has 0 fully saturated rings. The number of nitrogens with one attached hydrogen (secondary N) is 2. The number of alkyl halides is 9. The molecule has 2 N–H and O–H groups in total. The maximum atomic E-state index is 14.2. The van der Waals surface area contributed by atoms with Gasteiger partial charge in [0, 0.05) is 132 Å². The van der Waals surface area contributed by atoms with Crippen molar-refractivity contribution in [2.45, 2.75) is 190 Å². The van der Waals surface area contributed by atoms with Crippen molar-refractivity contribution in [3.05, 3.63) is 163 Å². The van der Waals surface area contributed by atoms with Crippen LogP contribution in [0.4, 0.5) is 50.9 Å². The maximum absolute atomic E-state index is 14.2. The molecule has 41 heteroatoms. The number of carbonyl (C=O) groups excluding carboxylic acids is 3. The Kier molecular flexibility index (Phi) is 26.2. The monoisotopic (exact) mass is 1760 g/mol. The summed E-state index contributed by atoms with van der Waals surface area (Å²) >= 11 is 0. The third-order valence-electron chi connectivity index (χ3n) is 20.3. The minimum Gasteiger partial charge on any atom is -0.378 e. The van der Waals surface area contributed by atoms with E-state index in [4.69, 9.17) is 24.4 Å². The van der Waals surface area contributed by atoms with Crippen LogP contribution in [0.15, 0.2) is 129 Å². The number of aromatic nitrogens is 18. The van der Waals surface area contributed by atoms with E-state index >= 15 is 0 Å². The van der Waals surface area contributed by atoms with Crippen molar-refractivity contribution >= 4 is 88.5 Å². The number of ether oxygens (including phenoxy) is 2. The van der Waals surface area contributed by atoms with E-state index in [1.165, 1.54) is 12.3 Å². The van der Waals surface area contributed by atoms with Gasteiger partial charge in [-0.1, -0.05) is 138 Å². The number of halogens is 9. The summed E-state index contributed by atoms with van der Waals surface area (Å²) in [6, 6.07) is 22.0. The molecule has 0 amide bonds. The maximum Gasteiger partial charge on any atom is 0.460 e. The van der Waals surface area contributed by atoms with Gasteiger partial charge in [-0.05, 0) is 48.5 Å². The first kappa shape index (κ1) is 91.2. The molecule has 656 valence electrons. The first-order valence-corrected chi connectivity index (χ1v) is 48.4. The summed E-state index contributed by atoms with van der Waals surface area (Å²) in [7, 11) is -9.76. The van der Waals surface area contributed by atoms with E-state index in [9.17, 15) is 62.3 Å². The van der Waals surface area contributed by atoms with Crippen LogP contribution in [0.1, 0.15) is 111 Å². The highest BCUT2D eigenvalue weighted by Gasteiger charge is 2.86. The molecule has 0 saturated carbocycles. The second-order valence-corrected chi connectivity index (χ2v) is 48.5. The normalized spacial score (nSPS) is 14.4. The molecule has 123 heavy (non-hydrogen) atoms. The van der Waals surface area contributed by atoms with Crippen LogP contribution in [0.3, 0.4) is 0 Å². The number of fused-ring (bicyclic) bond motifs is 6. The van der Waals surface area contributed by atoms with Crippen LogP contribution in [0.25, 0.3) is 67.3 Å². The molecule has 3 aromatic carbocycles. The van der Waals surface area contributed by atoms with E-state index in [1.807, 2.05) is 76.6 Å². The summed E-state index contributed by atoms with van der Waals surface area (Å²) in [6.07, 6.45) is 7.85. The lowest BCUT2D eigenvalue weighted by atomic mass is 9.87. The fourth-order valence-electron chi connectivity index (χ4n) is 13.1. The lowest BCUT2D eigenvalue weighted by Crippen LogP contribution is -2.63. The molecular weight excluding hydrogens is 1670 g/mol. The molecule has 12 aromatic rings. The van der Waals surface area contributed by atoms with Gasteiger partial charge in [0.1, 0.15) is 60.6 Å². The number of carbonyl (C=O) groups is 3. The number of Topliss-reactive ketones (excluding diaryl/α,β-unsaturated/α-hetero) is 3. The van der Waals surface area contributed by atoms with E-state index < -0.39 is 71.5 Å². The van der Waals surface area contributed by atoms with Crippen molar-refractivity contribution in [1.29, 1.82) is 0 Å². The minimum atomic E-state index is -7.45. The highest BCUT2D eigenvalue weighted by atomic mass is 32.2. The summed E-state index contributed by atoms with van der Waals surface area (Å²) in [6.45, 7) is 39.3. The molecule has 3 aliphatic heterocycles. The van der Waals surface area contributed by atoms with Gasteiger partial charge in [0.15, 0.2) is 45.9 Å². The molecule has 0 saturated heterocycles. The average molecular weight is 1770 g/mol. The third kappa shape index (κ3) is 20.6. The third-order valence-corrected chi connectivity index (χ3v) is 25.0. The number of H-pyrrole nitrogens is 1. The van der Waals surface area contributed by atoms with E-state index in [-0.39, 0.29) is 52.1 Å². The predicted octanol–water partition coefficient (Wildman–Crippen LogP) is 15.9. The topological polar surface area (TPSA) is 327 Å². The lowest BCUT2D eigenvalue weighted by molar-refractivity contribution is -0.382. The molecule has 0 bridgehead atoms. The second-order valence-electron chi connectivity index (χ2n) is 35.6. The number of anilines is 2. The first-order valence-electron chi connectivity index (χ1n) is 39.6. The Morgan fingerprint density at radius 1 is 0.496 bits per heavy atom. The van der Waals surface area contributed by atoms with E-state index in [2.05, 4.69) is 147 Å². The van der Waals surface area contributed by atoms with Crippen molar-refractivity contribution < 1.29 is 76.0 Å². The van der Waals surface area contributed by atoms with E-state index in [0.717, 1.165) is 128 Å². The van der Waals surface area contributed by atoms with Gasteiger partial charge in [0.05, 0.1) is 72.0 Å². The highest BCUT2D eigenvalue weighted by Crippen LogP contribution is 2.55. The fraction of sp³-hybridized carbons (Fsp3) is 0.451. The quantitative estimate of drug-likeness (QED) is 0.0197. The molecule has 15 rings (SSSR count). The second kappa shape index (κ2) is 35.3. The highest BCUT2D eigenvalue weighted by molar-refractivity contribution is 7.88. The van der Waals surface area contributed by atoms with Crippen molar-refractivity contribution in [3.8, 4) is 39.5 Å². The van der Waals surface area contributed by atoms with Crippen LogP contribution in [0.5, 0.6) is 5.75 Å². The van der Waals surface area contributed by atoms with Gasteiger partial charge in [-0.2, -0.15) is 47.9 Å². The molecule has 9 aromatic heterocycles.